The molecule has 0 saturated heterocycles. The highest BCUT2D eigenvalue weighted by Gasteiger charge is 2.13. The van der Waals surface area contributed by atoms with Crippen molar-refractivity contribution < 1.29 is 4.74 Å². The fraction of sp³-hybridized carbons (Fsp3) is 0.200. The average Bonchev–Trinajstić information content (AvgIpc) is 2.42. The van der Waals surface area contributed by atoms with Gasteiger partial charge in [0.2, 0.25) is 0 Å². The van der Waals surface area contributed by atoms with Crippen LogP contribution in [0, 0.1) is 3.57 Å². The lowest BCUT2D eigenvalue weighted by molar-refractivity contribution is 0.408. The van der Waals surface area contributed by atoms with Crippen LogP contribution in [0.1, 0.15) is 17.2 Å². The SMILES string of the molecule is COc1ccccc1CC(N)c1cc(Cl)ccc1I. The van der Waals surface area contributed by atoms with Crippen molar-refractivity contribution >= 4 is 34.2 Å². The van der Waals surface area contributed by atoms with E-state index >= 15 is 0 Å². The van der Waals surface area contributed by atoms with Crippen LogP contribution in [0.15, 0.2) is 42.5 Å². The maximum Gasteiger partial charge on any atom is 0.122 e. The summed E-state index contributed by atoms with van der Waals surface area (Å²) in [6.45, 7) is 0. The van der Waals surface area contributed by atoms with E-state index in [9.17, 15) is 0 Å². The number of hydrogen-bond donors (Lipinski definition) is 1. The number of methoxy groups -OCH3 is 1. The van der Waals surface area contributed by atoms with Crippen molar-refractivity contribution in [3.63, 3.8) is 0 Å². The van der Waals surface area contributed by atoms with Crippen molar-refractivity contribution in [3.8, 4) is 5.75 Å². The standard InChI is InChI=1S/C15H15ClINO/c1-19-15-5-3-2-4-10(15)8-14(18)12-9-11(16)6-7-13(12)17/h2-7,9,14H,8,18H2,1H3. The number of benzene rings is 2. The number of nitrogens with two attached hydrogens (primary N) is 1. The van der Waals surface area contributed by atoms with Crippen molar-refractivity contribution in [2.75, 3.05) is 7.11 Å². The Balaban J connectivity index is 2.25. The van der Waals surface area contributed by atoms with Gasteiger partial charge in [0.05, 0.1) is 7.11 Å². The van der Waals surface area contributed by atoms with E-state index in [2.05, 4.69) is 22.6 Å². The lowest BCUT2D eigenvalue weighted by Crippen LogP contribution is -2.15. The van der Waals surface area contributed by atoms with Gasteiger partial charge in [0.15, 0.2) is 0 Å². The van der Waals surface area contributed by atoms with Crippen molar-refractivity contribution in [1.82, 2.24) is 0 Å². The normalized spacial score (nSPS) is 12.2. The van der Waals surface area contributed by atoms with Crippen LogP contribution in [-0.2, 0) is 6.42 Å². The molecule has 4 heteroatoms. The van der Waals surface area contributed by atoms with Crippen molar-refractivity contribution in [2.45, 2.75) is 12.5 Å². The number of hydrogen-bond acceptors (Lipinski definition) is 2. The highest BCUT2D eigenvalue weighted by Crippen LogP contribution is 2.27. The van der Waals surface area contributed by atoms with Gasteiger partial charge in [-0.1, -0.05) is 29.8 Å². The van der Waals surface area contributed by atoms with Crippen LogP contribution in [0.5, 0.6) is 5.75 Å². The van der Waals surface area contributed by atoms with Gasteiger partial charge in [0.1, 0.15) is 5.75 Å². The molecule has 2 N–H and O–H groups in total. The van der Waals surface area contributed by atoms with E-state index in [1.165, 1.54) is 0 Å². The molecule has 0 bridgehead atoms. The summed E-state index contributed by atoms with van der Waals surface area (Å²) in [5.74, 6) is 0.870. The van der Waals surface area contributed by atoms with E-state index in [4.69, 9.17) is 22.1 Å². The third kappa shape index (κ3) is 3.61. The summed E-state index contributed by atoms with van der Waals surface area (Å²) in [5, 5.41) is 0.714. The molecular formula is C15H15ClINO. The van der Waals surface area contributed by atoms with Gasteiger partial charge in [-0.15, -0.1) is 0 Å². The molecule has 2 aromatic rings. The molecule has 1 atom stereocenters. The predicted molar refractivity (Wildman–Crippen MR) is 87.8 cm³/mol. The van der Waals surface area contributed by atoms with Crippen LogP contribution < -0.4 is 10.5 Å². The van der Waals surface area contributed by atoms with Gasteiger partial charge in [0.25, 0.3) is 0 Å². The molecule has 0 fully saturated rings. The molecule has 2 nitrogen and oxygen atoms in total. The lowest BCUT2D eigenvalue weighted by atomic mass is 9.99. The van der Waals surface area contributed by atoms with E-state index in [0.29, 0.717) is 5.02 Å². The molecule has 0 spiro atoms. The summed E-state index contributed by atoms with van der Waals surface area (Å²) in [4.78, 5) is 0. The zero-order valence-corrected chi connectivity index (χ0v) is 13.5. The minimum absolute atomic E-state index is 0.0955. The molecule has 1 unspecified atom stereocenters. The maximum absolute atomic E-state index is 6.30. The Labute approximate surface area is 132 Å². The minimum Gasteiger partial charge on any atom is -0.496 e. The van der Waals surface area contributed by atoms with Crippen LogP contribution in [0.4, 0.5) is 0 Å². The Hall–Kier alpha value is -0.780. The fourth-order valence-corrected chi connectivity index (χ4v) is 2.93. The van der Waals surface area contributed by atoms with E-state index < -0.39 is 0 Å². The van der Waals surface area contributed by atoms with Gasteiger partial charge in [-0.3, -0.25) is 0 Å². The van der Waals surface area contributed by atoms with E-state index in [-0.39, 0.29) is 6.04 Å². The van der Waals surface area contributed by atoms with Gasteiger partial charge < -0.3 is 10.5 Å². The molecule has 2 rings (SSSR count). The minimum atomic E-state index is -0.0955. The first kappa shape index (κ1) is 14.6. The van der Waals surface area contributed by atoms with Crippen LogP contribution >= 0.6 is 34.2 Å². The van der Waals surface area contributed by atoms with Crippen molar-refractivity contribution in [2.24, 2.45) is 5.73 Å². The molecule has 2 aromatic carbocycles. The summed E-state index contributed by atoms with van der Waals surface area (Å²) in [6, 6.07) is 13.6. The zero-order valence-electron chi connectivity index (χ0n) is 10.6. The molecule has 19 heavy (non-hydrogen) atoms. The first-order valence-corrected chi connectivity index (χ1v) is 7.40. The monoisotopic (exact) mass is 387 g/mol. The summed E-state index contributed by atoms with van der Waals surface area (Å²) < 4.78 is 6.48. The van der Waals surface area contributed by atoms with Gasteiger partial charge >= 0.3 is 0 Å². The first-order chi connectivity index (χ1) is 9.11. The summed E-state index contributed by atoms with van der Waals surface area (Å²) in [5.41, 5.74) is 8.47. The zero-order chi connectivity index (χ0) is 13.8. The Bertz CT molecular complexity index is 574. The topological polar surface area (TPSA) is 35.2 Å². The second kappa shape index (κ2) is 6.59. The van der Waals surface area contributed by atoms with Crippen LogP contribution in [-0.4, -0.2) is 7.11 Å². The van der Waals surface area contributed by atoms with Crippen LogP contribution in [0.2, 0.25) is 5.02 Å². The van der Waals surface area contributed by atoms with Gasteiger partial charge in [0, 0.05) is 14.6 Å². The number of para-hydroxylation sites is 1. The van der Waals surface area contributed by atoms with Gasteiger partial charge in [-0.05, 0) is 64.4 Å². The fourth-order valence-electron chi connectivity index (χ4n) is 2.02. The quantitative estimate of drug-likeness (QED) is 0.798. The number of ether oxygens (including phenoxy) is 1. The highest BCUT2D eigenvalue weighted by molar-refractivity contribution is 14.1. The number of halogens is 2. The van der Waals surface area contributed by atoms with E-state index in [0.717, 1.165) is 26.9 Å². The molecule has 0 heterocycles. The summed E-state index contributed by atoms with van der Waals surface area (Å²) in [6.07, 6.45) is 0.723. The molecule has 100 valence electrons. The molecule has 0 aliphatic heterocycles. The first-order valence-electron chi connectivity index (χ1n) is 5.94. The van der Waals surface area contributed by atoms with Crippen LogP contribution in [0.3, 0.4) is 0 Å². The highest BCUT2D eigenvalue weighted by atomic mass is 127. The summed E-state index contributed by atoms with van der Waals surface area (Å²) in [7, 11) is 1.67. The van der Waals surface area contributed by atoms with Gasteiger partial charge in [-0.2, -0.15) is 0 Å². The summed E-state index contributed by atoms with van der Waals surface area (Å²) >= 11 is 8.32. The van der Waals surface area contributed by atoms with Crippen molar-refractivity contribution in [1.29, 1.82) is 0 Å². The molecule has 0 aliphatic rings. The Morgan fingerprint density at radius 2 is 2.00 bits per heavy atom. The molecule has 0 aromatic heterocycles. The smallest absolute Gasteiger partial charge is 0.122 e. The second-order valence-corrected chi connectivity index (χ2v) is 5.89. The lowest BCUT2D eigenvalue weighted by Gasteiger charge is -2.16. The molecule has 0 aliphatic carbocycles. The van der Waals surface area contributed by atoms with Crippen LogP contribution in [0.25, 0.3) is 0 Å². The average molecular weight is 388 g/mol. The van der Waals surface area contributed by atoms with Gasteiger partial charge in [-0.25, -0.2) is 0 Å². The Kier molecular flexibility index (Phi) is 5.07. The van der Waals surface area contributed by atoms with Crippen molar-refractivity contribution in [3.05, 3.63) is 62.2 Å². The predicted octanol–water partition coefficient (Wildman–Crippen LogP) is 4.20. The Morgan fingerprint density at radius 3 is 2.74 bits per heavy atom. The number of rotatable bonds is 4. The maximum atomic E-state index is 6.30. The second-order valence-electron chi connectivity index (χ2n) is 4.29. The van der Waals surface area contributed by atoms with E-state index in [1.54, 1.807) is 7.11 Å². The Morgan fingerprint density at radius 1 is 1.26 bits per heavy atom. The third-order valence-electron chi connectivity index (χ3n) is 2.99. The molecular weight excluding hydrogens is 373 g/mol. The molecule has 0 amide bonds. The largest absolute Gasteiger partial charge is 0.496 e. The molecule has 0 radical (unpaired) electrons. The third-order valence-corrected chi connectivity index (χ3v) is 4.21. The van der Waals surface area contributed by atoms with E-state index in [1.807, 2.05) is 42.5 Å². The molecule has 0 saturated carbocycles.